The van der Waals surface area contributed by atoms with E-state index in [9.17, 15) is 4.79 Å². The molecule has 114 valence electrons. The third-order valence-electron chi connectivity index (χ3n) is 5.19. The van der Waals surface area contributed by atoms with Gasteiger partial charge >= 0.3 is 0 Å². The molecule has 1 aromatic carbocycles. The van der Waals surface area contributed by atoms with Gasteiger partial charge in [0.15, 0.2) is 0 Å². The Hall–Kier alpha value is -1.35. The highest BCUT2D eigenvalue weighted by Gasteiger charge is 2.35. The summed E-state index contributed by atoms with van der Waals surface area (Å²) in [5, 5.41) is 0. The SMILES string of the molecule is NC(CC(=O)N1CCCC2CCCCC21)c1ccccc1. The van der Waals surface area contributed by atoms with E-state index in [0.717, 1.165) is 24.4 Å². The van der Waals surface area contributed by atoms with Crippen LogP contribution >= 0.6 is 0 Å². The minimum absolute atomic E-state index is 0.178. The van der Waals surface area contributed by atoms with E-state index in [-0.39, 0.29) is 11.9 Å². The van der Waals surface area contributed by atoms with Crippen molar-refractivity contribution < 1.29 is 4.79 Å². The molecule has 3 rings (SSSR count). The molecule has 3 nitrogen and oxygen atoms in total. The maximum Gasteiger partial charge on any atom is 0.224 e. The molecular weight excluding hydrogens is 260 g/mol. The van der Waals surface area contributed by atoms with E-state index >= 15 is 0 Å². The predicted octanol–water partition coefficient (Wildman–Crippen LogP) is 3.26. The quantitative estimate of drug-likeness (QED) is 0.927. The van der Waals surface area contributed by atoms with Crippen molar-refractivity contribution in [1.82, 2.24) is 4.90 Å². The molecule has 2 fully saturated rings. The van der Waals surface area contributed by atoms with Crippen LogP contribution < -0.4 is 5.73 Å². The normalized spacial score (nSPS) is 27.0. The molecule has 3 atom stereocenters. The van der Waals surface area contributed by atoms with Crippen LogP contribution in [0, 0.1) is 5.92 Å². The van der Waals surface area contributed by atoms with Crippen molar-refractivity contribution in [2.75, 3.05) is 6.54 Å². The Balaban J connectivity index is 1.64. The standard InChI is InChI=1S/C18H26N2O/c19-16(14-7-2-1-3-8-14)13-18(21)20-12-6-10-15-9-4-5-11-17(15)20/h1-3,7-8,15-17H,4-6,9-13,19H2. The number of fused-ring (bicyclic) bond motifs is 1. The van der Waals surface area contributed by atoms with Crippen LogP contribution in [-0.2, 0) is 4.79 Å². The van der Waals surface area contributed by atoms with Crippen LogP contribution in [0.2, 0.25) is 0 Å². The average molecular weight is 286 g/mol. The van der Waals surface area contributed by atoms with Gasteiger partial charge in [-0.15, -0.1) is 0 Å². The summed E-state index contributed by atoms with van der Waals surface area (Å²) < 4.78 is 0. The summed E-state index contributed by atoms with van der Waals surface area (Å²) >= 11 is 0. The van der Waals surface area contributed by atoms with E-state index in [4.69, 9.17) is 5.73 Å². The highest BCUT2D eigenvalue weighted by Crippen LogP contribution is 2.35. The lowest BCUT2D eigenvalue weighted by Crippen LogP contribution is -2.50. The second kappa shape index (κ2) is 6.61. The molecule has 3 heteroatoms. The molecule has 0 aromatic heterocycles. The summed E-state index contributed by atoms with van der Waals surface area (Å²) in [6, 6.07) is 10.3. The zero-order valence-electron chi connectivity index (χ0n) is 12.7. The first-order valence-electron chi connectivity index (χ1n) is 8.35. The summed E-state index contributed by atoms with van der Waals surface area (Å²) in [4.78, 5) is 14.8. The number of nitrogens with two attached hydrogens (primary N) is 1. The van der Waals surface area contributed by atoms with Gasteiger partial charge in [-0.25, -0.2) is 0 Å². The number of hydrogen-bond acceptors (Lipinski definition) is 2. The molecule has 1 aromatic rings. The number of amides is 1. The van der Waals surface area contributed by atoms with E-state index in [1.165, 1.54) is 32.1 Å². The number of likely N-dealkylation sites (tertiary alicyclic amines) is 1. The summed E-state index contributed by atoms with van der Waals surface area (Å²) in [6.07, 6.45) is 8.01. The van der Waals surface area contributed by atoms with Gasteiger partial charge in [-0.3, -0.25) is 4.79 Å². The van der Waals surface area contributed by atoms with Crippen molar-refractivity contribution in [3.8, 4) is 0 Å². The molecule has 0 spiro atoms. The van der Waals surface area contributed by atoms with E-state index < -0.39 is 0 Å². The zero-order chi connectivity index (χ0) is 14.7. The number of carbonyl (C=O) groups excluding carboxylic acids is 1. The number of piperidine rings is 1. The van der Waals surface area contributed by atoms with Crippen LogP contribution in [0.1, 0.15) is 56.6 Å². The third-order valence-corrected chi connectivity index (χ3v) is 5.19. The molecule has 1 saturated carbocycles. The Labute approximate surface area is 127 Å². The smallest absolute Gasteiger partial charge is 0.224 e. The van der Waals surface area contributed by atoms with E-state index in [1.54, 1.807) is 0 Å². The predicted molar refractivity (Wildman–Crippen MR) is 84.7 cm³/mol. The van der Waals surface area contributed by atoms with E-state index in [0.29, 0.717) is 12.5 Å². The molecule has 1 heterocycles. The van der Waals surface area contributed by atoms with Crippen molar-refractivity contribution in [3.63, 3.8) is 0 Å². The van der Waals surface area contributed by atoms with Gasteiger partial charge in [0.05, 0.1) is 0 Å². The maximum atomic E-state index is 12.7. The Bertz CT molecular complexity index is 471. The van der Waals surface area contributed by atoms with Gasteiger partial charge in [0.1, 0.15) is 0 Å². The lowest BCUT2D eigenvalue weighted by molar-refractivity contribution is -0.137. The first kappa shape index (κ1) is 14.6. The van der Waals surface area contributed by atoms with E-state index in [2.05, 4.69) is 4.90 Å². The fourth-order valence-electron chi connectivity index (χ4n) is 4.06. The third kappa shape index (κ3) is 3.29. The minimum atomic E-state index is -0.178. The Morgan fingerprint density at radius 2 is 1.86 bits per heavy atom. The molecule has 21 heavy (non-hydrogen) atoms. The summed E-state index contributed by atoms with van der Waals surface area (Å²) in [6.45, 7) is 0.932. The minimum Gasteiger partial charge on any atom is -0.339 e. The molecule has 1 aliphatic heterocycles. The first-order valence-corrected chi connectivity index (χ1v) is 8.35. The highest BCUT2D eigenvalue weighted by molar-refractivity contribution is 5.77. The monoisotopic (exact) mass is 286 g/mol. The van der Waals surface area contributed by atoms with Crippen molar-refractivity contribution in [1.29, 1.82) is 0 Å². The Kier molecular flexibility index (Phi) is 4.59. The summed E-state index contributed by atoms with van der Waals surface area (Å²) in [7, 11) is 0. The Morgan fingerprint density at radius 1 is 1.14 bits per heavy atom. The fraction of sp³-hybridized carbons (Fsp3) is 0.611. The van der Waals surface area contributed by atoms with Gasteiger partial charge in [0, 0.05) is 25.0 Å². The average Bonchev–Trinajstić information content (AvgIpc) is 2.55. The van der Waals surface area contributed by atoms with Crippen molar-refractivity contribution in [3.05, 3.63) is 35.9 Å². The second-order valence-electron chi connectivity index (χ2n) is 6.56. The van der Waals surface area contributed by atoms with Gasteiger partial charge in [0.2, 0.25) is 5.91 Å². The molecule has 1 amide bonds. The molecule has 2 aliphatic rings. The van der Waals surface area contributed by atoms with Crippen molar-refractivity contribution in [2.24, 2.45) is 11.7 Å². The van der Waals surface area contributed by atoms with Gasteiger partial charge in [-0.1, -0.05) is 43.2 Å². The summed E-state index contributed by atoms with van der Waals surface area (Å²) in [5.41, 5.74) is 7.28. The highest BCUT2D eigenvalue weighted by atomic mass is 16.2. The number of benzene rings is 1. The van der Waals surface area contributed by atoms with E-state index in [1.807, 2.05) is 30.3 Å². The number of rotatable bonds is 3. The molecular formula is C18H26N2O. The molecule has 1 saturated heterocycles. The number of hydrogen-bond donors (Lipinski definition) is 1. The van der Waals surface area contributed by atoms with Crippen molar-refractivity contribution in [2.45, 2.75) is 57.0 Å². The first-order chi connectivity index (χ1) is 10.3. The molecule has 0 radical (unpaired) electrons. The van der Waals surface area contributed by atoms with Crippen LogP contribution in [0.3, 0.4) is 0 Å². The van der Waals surface area contributed by atoms with Crippen molar-refractivity contribution >= 4 is 5.91 Å². The van der Waals surface area contributed by atoms with Crippen LogP contribution in [0.4, 0.5) is 0 Å². The van der Waals surface area contributed by atoms with Crippen LogP contribution in [0.5, 0.6) is 0 Å². The summed E-state index contributed by atoms with van der Waals surface area (Å²) in [5.74, 6) is 0.993. The van der Waals surface area contributed by atoms with Gasteiger partial charge in [-0.2, -0.15) is 0 Å². The topological polar surface area (TPSA) is 46.3 Å². The fourth-order valence-corrected chi connectivity index (χ4v) is 4.06. The van der Waals surface area contributed by atoms with Crippen LogP contribution in [0.25, 0.3) is 0 Å². The molecule has 3 unspecified atom stereocenters. The van der Waals surface area contributed by atoms with Crippen LogP contribution in [0.15, 0.2) is 30.3 Å². The maximum absolute atomic E-state index is 12.7. The lowest BCUT2D eigenvalue weighted by Gasteiger charge is -2.44. The lowest BCUT2D eigenvalue weighted by atomic mass is 9.78. The molecule has 1 aliphatic carbocycles. The molecule has 0 bridgehead atoms. The molecule has 2 N–H and O–H groups in total. The van der Waals surface area contributed by atoms with Gasteiger partial charge < -0.3 is 10.6 Å². The zero-order valence-corrected chi connectivity index (χ0v) is 12.7. The number of carbonyl (C=O) groups is 1. The van der Waals surface area contributed by atoms with Crippen LogP contribution in [-0.4, -0.2) is 23.4 Å². The second-order valence-corrected chi connectivity index (χ2v) is 6.56. The largest absolute Gasteiger partial charge is 0.339 e. The van der Waals surface area contributed by atoms with Gasteiger partial charge in [-0.05, 0) is 37.2 Å². The van der Waals surface area contributed by atoms with Gasteiger partial charge in [0.25, 0.3) is 0 Å². The number of nitrogens with zero attached hydrogens (tertiary/aromatic N) is 1. The Morgan fingerprint density at radius 3 is 2.67 bits per heavy atom.